The number of amides is 1. The van der Waals surface area contributed by atoms with Gasteiger partial charge in [0.25, 0.3) is 0 Å². The third-order valence-electron chi connectivity index (χ3n) is 1.73. The van der Waals surface area contributed by atoms with Crippen LogP contribution in [0.2, 0.25) is 0 Å². The Morgan fingerprint density at radius 1 is 1.27 bits per heavy atom. The van der Waals surface area contributed by atoms with Crippen molar-refractivity contribution in [2.45, 2.75) is 27.7 Å². The molecule has 0 aromatic rings. The molecule has 0 aliphatic rings. The van der Waals surface area contributed by atoms with Gasteiger partial charge in [-0.25, -0.2) is 0 Å². The van der Waals surface area contributed by atoms with Crippen molar-refractivity contribution in [1.82, 2.24) is 4.90 Å². The van der Waals surface area contributed by atoms with Gasteiger partial charge in [0.1, 0.15) is 6.54 Å². The fourth-order valence-corrected chi connectivity index (χ4v) is 1.05. The quantitative estimate of drug-likeness (QED) is 0.512. The summed E-state index contributed by atoms with van der Waals surface area (Å²) in [6, 6.07) is 0. The lowest BCUT2D eigenvalue weighted by atomic mass is 10.3. The van der Waals surface area contributed by atoms with Crippen LogP contribution in [0.3, 0.4) is 0 Å². The van der Waals surface area contributed by atoms with Crippen molar-refractivity contribution in [1.29, 1.82) is 0 Å². The summed E-state index contributed by atoms with van der Waals surface area (Å²) in [6.07, 6.45) is 1.52. The van der Waals surface area contributed by atoms with Crippen molar-refractivity contribution in [3.05, 3.63) is 11.6 Å². The van der Waals surface area contributed by atoms with Gasteiger partial charge in [0, 0.05) is 12.6 Å². The maximum atomic E-state index is 11.6. The highest BCUT2D eigenvalue weighted by Crippen LogP contribution is 1.97. The standard InChI is InChI=1S/C11H19NO3/c1-5-12(8-11(14)15-6-2)10(13)7-9(3)4/h7H,5-6,8H2,1-4H3. The van der Waals surface area contributed by atoms with Gasteiger partial charge >= 0.3 is 5.97 Å². The van der Waals surface area contributed by atoms with Gasteiger partial charge in [0.05, 0.1) is 6.61 Å². The summed E-state index contributed by atoms with van der Waals surface area (Å²) in [6.45, 7) is 8.12. The van der Waals surface area contributed by atoms with Crippen molar-refractivity contribution in [2.24, 2.45) is 0 Å². The SMILES string of the molecule is CCOC(=O)CN(CC)C(=O)C=C(C)C. The van der Waals surface area contributed by atoms with Gasteiger partial charge in [0.2, 0.25) is 5.91 Å². The first-order chi connectivity index (χ1) is 7.01. The Kier molecular flexibility index (Phi) is 6.42. The van der Waals surface area contributed by atoms with E-state index in [0.29, 0.717) is 13.2 Å². The van der Waals surface area contributed by atoms with E-state index < -0.39 is 0 Å². The molecule has 4 nitrogen and oxygen atoms in total. The predicted molar refractivity (Wildman–Crippen MR) is 58.3 cm³/mol. The molecule has 0 aliphatic heterocycles. The molecule has 0 radical (unpaired) electrons. The number of carbonyl (C=O) groups is 2. The molecule has 0 fully saturated rings. The summed E-state index contributed by atoms with van der Waals surface area (Å²) in [5.41, 5.74) is 0.919. The summed E-state index contributed by atoms with van der Waals surface area (Å²) in [7, 11) is 0. The first-order valence-corrected chi connectivity index (χ1v) is 5.10. The minimum Gasteiger partial charge on any atom is -0.465 e. The number of hydrogen-bond acceptors (Lipinski definition) is 3. The smallest absolute Gasteiger partial charge is 0.325 e. The van der Waals surface area contributed by atoms with Crippen LogP contribution in [0.15, 0.2) is 11.6 Å². The molecule has 0 bridgehead atoms. The molecule has 0 aromatic heterocycles. The largest absolute Gasteiger partial charge is 0.465 e. The number of hydrogen-bond donors (Lipinski definition) is 0. The lowest BCUT2D eigenvalue weighted by molar-refractivity contribution is -0.147. The number of rotatable bonds is 5. The average Bonchev–Trinajstić information content (AvgIpc) is 2.13. The summed E-state index contributed by atoms with van der Waals surface area (Å²) in [5, 5.41) is 0. The minimum absolute atomic E-state index is 0.0208. The van der Waals surface area contributed by atoms with Gasteiger partial charge in [-0.1, -0.05) is 5.57 Å². The Morgan fingerprint density at radius 2 is 1.87 bits per heavy atom. The van der Waals surface area contributed by atoms with E-state index in [1.807, 2.05) is 20.8 Å². The highest BCUT2D eigenvalue weighted by atomic mass is 16.5. The van der Waals surface area contributed by atoms with Crippen molar-refractivity contribution < 1.29 is 14.3 Å². The third kappa shape index (κ3) is 5.88. The van der Waals surface area contributed by atoms with Gasteiger partial charge in [-0.15, -0.1) is 0 Å². The van der Waals surface area contributed by atoms with E-state index in [0.717, 1.165) is 5.57 Å². The number of carbonyl (C=O) groups excluding carboxylic acids is 2. The average molecular weight is 213 g/mol. The maximum absolute atomic E-state index is 11.6. The number of allylic oxidation sites excluding steroid dienone is 1. The molecule has 0 aromatic carbocycles. The van der Waals surface area contributed by atoms with E-state index in [1.54, 1.807) is 6.92 Å². The summed E-state index contributed by atoms with van der Waals surface area (Å²) in [5.74, 6) is -0.514. The topological polar surface area (TPSA) is 46.6 Å². The Labute approximate surface area is 90.9 Å². The van der Waals surface area contributed by atoms with Crippen LogP contribution in [0, 0.1) is 0 Å². The van der Waals surface area contributed by atoms with Crippen LogP contribution < -0.4 is 0 Å². The molecule has 1 amide bonds. The second-order valence-corrected chi connectivity index (χ2v) is 3.38. The zero-order chi connectivity index (χ0) is 11.8. The summed E-state index contributed by atoms with van der Waals surface area (Å²) < 4.78 is 4.78. The Morgan fingerprint density at radius 3 is 2.27 bits per heavy atom. The van der Waals surface area contributed by atoms with Gasteiger partial charge in [-0.2, -0.15) is 0 Å². The number of esters is 1. The van der Waals surface area contributed by atoms with Gasteiger partial charge in [0.15, 0.2) is 0 Å². The number of likely N-dealkylation sites (N-methyl/N-ethyl adjacent to an activating group) is 1. The van der Waals surface area contributed by atoms with Crippen molar-refractivity contribution in [2.75, 3.05) is 19.7 Å². The summed E-state index contributed by atoms with van der Waals surface area (Å²) in [4.78, 5) is 24.2. The van der Waals surface area contributed by atoms with E-state index in [2.05, 4.69) is 0 Å². The summed E-state index contributed by atoms with van der Waals surface area (Å²) >= 11 is 0. The Hall–Kier alpha value is -1.32. The molecule has 4 heteroatoms. The zero-order valence-corrected chi connectivity index (χ0v) is 9.87. The Bertz CT molecular complexity index is 255. The predicted octanol–water partition coefficient (Wildman–Crippen LogP) is 1.36. The second kappa shape index (κ2) is 7.04. The zero-order valence-electron chi connectivity index (χ0n) is 9.87. The van der Waals surface area contributed by atoms with Crippen molar-refractivity contribution in [3.63, 3.8) is 0 Å². The monoisotopic (exact) mass is 213 g/mol. The van der Waals surface area contributed by atoms with Gasteiger partial charge in [-0.3, -0.25) is 9.59 Å². The molecule has 86 valence electrons. The van der Waals surface area contributed by atoms with E-state index in [-0.39, 0.29) is 18.4 Å². The van der Waals surface area contributed by atoms with Crippen LogP contribution >= 0.6 is 0 Å². The van der Waals surface area contributed by atoms with Crippen LogP contribution in [0.1, 0.15) is 27.7 Å². The first-order valence-electron chi connectivity index (χ1n) is 5.10. The van der Waals surface area contributed by atoms with E-state index in [4.69, 9.17) is 4.74 Å². The fourth-order valence-electron chi connectivity index (χ4n) is 1.05. The van der Waals surface area contributed by atoms with E-state index in [1.165, 1.54) is 11.0 Å². The maximum Gasteiger partial charge on any atom is 0.325 e. The minimum atomic E-state index is -0.366. The number of nitrogens with zero attached hydrogens (tertiary/aromatic N) is 1. The molecule has 0 N–H and O–H groups in total. The molecule has 0 aliphatic carbocycles. The van der Waals surface area contributed by atoms with Crippen LogP contribution in [0.5, 0.6) is 0 Å². The third-order valence-corrected chi connectivity index (χ3v) is 1.73. The fraction of sp³-hybridized carbons (Fsp3) is 0.636. The van der Waals surface area contributed by atoms with E-state index >= 15 is 0 Å². The highest BCUT2D eigenvalue weighted by Gasteiger charge is 2.13. The van der Waals surface area contributed by atoms with Gasteiger partial charge in [-0.05, 0) is 27.7 Å². The molecule has 0 saturated carbocycles. The molecule has 15 heavy (non-hydrogen) atoms. The molecular weight excluding hydrogens is 194 g/mol. The normalized spacial score (nSPS) is 9.33. The lowest BCUT2D eigenvalue weighted by Gasteiger charge is -2.17. The lowest BCUT2D eigenvalue weighted by Crippen LogP contribution is -2.35. The Balaban J connectivity index is 4.31. The molecule has 0 atom stereocenters. The van der Waals surface area contributed by atoms with Crippen LogP contribution in [-0.2, 0) is 14.3 Å². The molecule has 0 spiro atoms. The van der Waals surface area contributed by atoms with Crippen molar-refractivity contribution in [3.8, 4) is 0 Å². The molecule has 0 rings (SSSR count). The molecule has 0 saturated heterocycles. The van der Waals surface area contributed by atoms with Crippen LogP contribution in [-0.4, -0.2) is 36.5 Å². The van der Waals surface area contributed by atoms with Crippen LogP contribution in [0.25, 0.3) is 0 Å². The number of ether oxygens (including phenoxy) is 1. The first kappa shape index (κ1) is 13.7. The van der Waals surface area contributed by atoms with Gasteiger partial charge < -0.3 is 9.64 Å². The van der Waals surface area contributed by atoms with Crippen LogP contribution in [0.4, 0.5) is 0 Å². The molecule has 0 heterocycles. The van der Waals surface area contributed by atoms with E-state index in [9.17, 15) is 9.59 Å². The molecular formula is C11H19NO3. The highest BCUT2D eigenvalue weighted by molar-refractivity contribution is 5.90. The molecule has 0 unspecified atom stereocenters. The van der Waals surface area contributed by atoms with Crippen molar-refractivity contribution >= 4 is 11.9 Å². The second-order valence-electron chi connectivity index (χ2n) is 3.38.